The first-order valence-electron chi connectivity index (χ1n) is 8.54. The predicted octanol–water partition coefficient (Wildman–Crippen LogP) is 2.40. The molecule has 0 atom stereocenters. The number of piperazine rings is 1. The van der Waals surface area contributed by atoms with Crippen LogP contribution in [0.5, 0.6) is 5.75 Å². The quantitative estimate of drug-likeness (QED) is 0.832. The van der Waals surface area contributed by atoms with Gasteiger partial charge in [-0.2, -0.15) is 0 Å². The molecule has 0 aliphatic carbocycles. The number of anilines is 1. The lowest BCUT2D eigenvalue weighted by atomic mass is 10.2. The molecule has 0 radical (unpaired) electrons. The first-order chi connectivity index (χ1) is 12.5. The molecule has 0 bridgehead atoms. The second kappa shape index (κ2) is 8.53. The van der Waals surface area contributed by atoms with Crippen LogP contribution in [0.25, 0.3) is 0 Å². The van der Waals surface area contributed by atoms with E-state index >= 15 is 0 Å². The van der Waals surface area contributed by atoms with Crippen molar-refractivity contribution in [2.24, 2.45) is 0 Å². The fourth-order valence-electron chi connectivity index (χ4n) is 3.00. The highest BCUT2D eigenvalue weighted by molar-refractivity contribution is 6.31. The third-order valence-corrected chi connectivity index (χ3v) is 4.57. The minimum absolute atomic E-state index is 0.0776. The summed E-state index contributed by atoms with van der Waals surface area (Å²) in [7, 11) is 1.56. The summed E-state index contributed by atoms with van der Waals surface area (Å²) in [6, 6.07) is 7.11. The predicted molar refractivity (Wildman–Crippen MR) is 99.6 cm³/mol. The average molecular weight is 379 g/mol. The molecular formula is C18H23ClN4O3. The van der Waals surface area contributed by atoms with E-state index < -0.39 is 0 Å². The Morgan fingerprint density at radius 3 is 2.65 bits per heavy atom. The highest BCUT2D eigenvalue weighted by atomic mass is 35.5. The van der Waals surface area contributed by atoms with Crippen LogP contribution < -0.4 is 10.1 Å². The normalized spacial score (nSPS) is 15.8. The first kappa shape index (κ1) is 18.7. The number of halogens is 1. The van der Waals surface area contributed by atoms with Gasteiger partial charge in [-0.25, -0.2) is 0 Å². The number of aromatic nitrogens is 1. The summed E-state index contributed by atoms with van der Waals surface area (Å²) < 4.78 is 10.4. The lowest BCUT2D eigenvalue weighted by molar-refractivity contribution is -0.117. The standard InChI is InChI=1S/C18H23ClN4O3/c1-13-9-15(21-26-13)11-22-5-7-23(8-6-22)12-18(24)20-16-10-14(19)3-4-17(16)25-2/h3-4,9-10H,5-8,11-12H2,1-2H3,(H,20,24). The summed E-state index contributed by atoms with van der Waals surface area (Å²) in [5.74, 6) is 1.34. The van der Waals surface area contributed by atoms with E-state index in [0.29, 0.717) is 23.0 Å². The van der Waals surface area contributed by atoms with E-state index in [2.05, 4.69) is 20.3 Å². The Bertz CT molecular complexity index is 757. The maximum absolute atomic E-state index is 12.3. The Labute approximate surface area is 157 Å². The molecule has 0 spiro atoms. The summed E-state index contributed by atoms with van der Waals surface area (Å²) in [5, 5.41) is 7.46. The number of rotatable bonds is 6. The summed E-state index contributed by atoms with van der Waals surface area (Å²) >= 11 is 6.00. The molecule has 7 nitrogen and oxygen atoms in total. The van der Waals surface area contributed by atoms with Crippen LogP contribution in [0.3, 0.4) is 0 Å². The number of hydrogen-bond donors (Lipinski definition) is 1. The molecule has 8 heteroatoms. The van der Waals surface area contributed by atoms with Crippen molar-refractivity contribution in [1.29, 1.82) is 0 Å². The number of hydrogen-bond acceptors (Lipinski definition) is 6. The molecule has 2 heterocycles. The van der Waals surface area contributed by atoms with Crippen molar-refractivity contribution in [3.63, 3.8) is 0 Å². The van der Waals surface area contributed by atoms with Crippen LogP contribution in [0.15, 0.2) is 28.8 Å². The van der Waals surface area contributed by atoms with Crippen LogP contribution in [0.4, 0.5) is 5.69 Å². The molecule has 0 saturated carbocycles. The molecule has 3 rings (SSSR count). The number of aryl methyl sites for hydroxylation is 1. The molecule has 1 N–H and O–H groups in total. The molecule has 1 saturated heterocycles. The van der Waals surface area contributed by atoms with Crippen molar-refractivity contribution in [2.45, 2.75) is 13.5 Å². The molecule has 26 heavy (non-hydrogen) atoms. The largest absolute Gasteiger partial charge is 0.495 e. The van der Waals surface area contributed by atoms with Crippen molar-refractivity contribution < 1.29 is 14.1 Å². The van der Waals surface area contributed by atoms with Crippen molar-refractivity contribution in [1.82, 2.24) is 15.0 Å². The van der Waals surface area contributed by atoms with Crippen LogP contribution in [0, 0.1) is 6.92 Å². The highest BCUT2D eigenvalue weighted by Gasteiger charge is 2.20. The zero-order chi connectivity index (χ0) is 18.5. The van der Waals surface area contributed by atoms with E-state index in [9.17, 15) is 4.79 Å². The van der Waals surface area contributed by atoms with Crippen LogP contribution >= 0.6 is 11.6 Å². The Morgan fingerprint density at radius 2 is 2.00 bits per heavy atom. The molecule has 1 amide bonds. The highest BCUT2D eigenvalue weighted by Crippen LogP contribution is 2.27. The Hall–Kier alpha value is -2.09. The van der Waals surface area contributed by atoms with E-state index in [1.54, 1.807) is 25.3 Å². The molecule has 140 valence electrons. The molecule has 1 aliphatic heterocycles. The third-order valence-electron chi connectivity index (χ3n) is 4.33. The SMILES string of the molecule is COc1ccc(Cl)cc1NC(=O)CN1CCN(Cc2cc(C)on2)CC1. The fraction of sp³-hybridized carbons (Fsp3) is 0.444. The third kappa shape index (κ3) is 4.97. The number of ether oxygens (including phenoxy) is 1. The van der Waals surface area contributed by atoms with E-state index in [-0.39, 0.29) is 5.91 Å². The number of benzene rings is 1. The number of carbonyl (C=O) groups excluding carboxylic acids is 1. The van der Waals surface area contributed by atoms with Gasteiger partial charge < -0.3 is 14.6 Å². The van der Waals surface area contributed by atoms with Crippen LogP contribution in [0.2, 0.25) is 5.02 Å². The van der Waals surface area contributed by atoms with Crippen molar-refractivity contribution in [3.8, 4) is 5.75 Å². The minimum Gasteiger partial charge on any atom is -0.495 e. The number of amides is 1. The zero-order valence-corrected chi connectivity index (χ0v) is 15.8. The van der Waals surface area contributed by atoms with Gasteiger partial charge >= 0.3 is 0 Å². The average Bonchev–Trinajstić information content (AvgIpc) is 3.02. The molecule has 0 unspecified atom stereocenters. The second-order valence-corrected chi connectivity index (χ2v) is 6.81. The number of methoxy groups -OCH3 is 1. The van der Waals surface area contributed by atoms with Gasteiger partial charge in [0.15, 0.2) is 0 Å². The van der Waals surface area contributed by atoms with E-state index in [1.165, 1.54) is 0 Å². The van der Waals surface area contributed by atoms with Crippen molar-refractivity contribution >= 4 is 23.2 Å². The Balaban J connectivity index is 1.47. The molecular weight excluding hydrogens is 356 g/mol. The van der Waals surface area contributed by atoms with Gasteiger partial charge in [0.1, 0.15) is 11.5 Å². The minimum atomic E-state index is -0.0776. The number of nitrogens with one attached hydrogen (secondary N) is 1. The molecule has 1 fully saturated rings. The Morgan fingerprint density at radius 1 is 1.27 bits per heavy atom. The molecule has 1 aliphatic rings. The van der Waals surface area contributed by atoms with Gasteiger partial charge in [-0.3, -0.25) is 14.6 Å². The van der Waals surface area contributed by atoms with Crippen LogP contribution in [0.1, 0.15) is 11.5 Å². The first-order valence-corrected chi connectivity index (χ1v) is 8.91. The van der Waals surface area contributed by atoms with Crippen LogP contribution in [-0.2, 0) is 11.3 Å². The van der Waals surface area contributed by atoms with E-state index in [4.69, 9.17) is 20.9 Å². The second-order valence-electron chi connectivity index (χ2n) is 6.37. The molecule has 1 aromatic heterocycles. The van der Waals surface area contributed by atoms with Gasteiger partial charge in [0.2, 0.25) is 5.91 Å². The number of carbonyl (C=O) groups is 1. The lowest BCUT2D eigenvalue weighted by Crippen LogP contribution is -2.48. The Kier molecular flexibility index (Phi) is 6.13. The lowest BCUT2D eigenvalue weighted by Gasteiger charge is -2.33. The maximum Gasteiger partial charge on any atom is 0.238 e. The van der Waals surface area contributed by atoms with Gasteiger partial charge in [-0.15, -0.1) is 0 Å². The van der Waals surface area contributed by atoms with Crippen molar-refractivity contribution in [3.05, 3.63) is 40.7 Å². The van der Waals surface area contributed by atoms with E-state index in [0.717, 1.165) is 44.2 Å². The smallest absolute Gasteiger partial charge is 0.238 e. The van der Waals surface area contributed by atoms with Crippen molar-refractivity contribution in [2.75, 3.05) is 45.2 Å². The molecule has 1 aromatic carbocycles. The maximum atomic E-state index is 12.3. The van der Waals surface area contributed by atoms with Gasteiger partial charge in [0.05, 0.1) is 25.0 Å². The number of nitrogens with zero attached hydrogens (tertiary/aromatic N) is 3. The summed E-state index contributed by atoms with van der Waals surface area (Å²) in [5.41, 5.74) is 1.53. The monoisotopic (exact) mass is 378 g/mol. The van der Waals surface area contributed by atoms with Crippen LogP contribution in [-0.4, -0.2) is 60.7 Å². The summed E-state index contributed by atoms with van der Waals surface area (Å²) in [4.78, 5) is 16.8. The van der Waals surface area contributed by atoms with E-state index in [1.807, 2.05) is 13.0 Å². The van der Waals surface area contributed by atoms with Gasteiger partial charge in [-0.05, 0) is 25.1 Å². The topological polar surface area (TPSA) is 70.8 Å². The summed E-state index contributed by atoms with van der Waals surface area (Å²) in [6.07, 6.45) is 0. The van der Waals surface area contributed by atoms with Gasteiger partial charge in [-0.1, -0.05) is 16.8 Å². The summed E-state index contributed by atoms with van der Waals surface area (Å²) in [6.45, 7) is 6.44. The fourth-order valence-corrected chi connectivity index (χ4v) is 3.17. The molecule has 2 aromatic rings. The van der Waals surface area contributed by atoms with Gasteiger partial charge in [0, 0.05) is 43.8 Å². The zero-order valence-electron chi connectivity index (χ0n) is 15.0. The van der Waals surface area contributed by atoms with Gasteiger partial charge in [0.25, 0.3) is 0 Å².